The highest BCUT2D eigenvalue weighted by Crippen LogP contribution is 2.40. The van der Waals surface area contributed by atoms with Crippen molar-refractivity contribution in [2.75, 3.05) is 26.2 Å². The zero-order valence-corrected chi connectivity index (χ0v) is 12.8. The molecule has 1 fully saturated rings. The Hall–Kier alpha value is -0.570. The van der Waals surface area contributed by atoms with Gasteiger partial charge in [0.2, 0.25) is 0 Å². The van der Waals surface area contributed by atoms with E-state index in [2.05, 4.69) is 42.2 Å². The van der Waals surface area contributed by atoms with Gasteiger partial charge in [0.25, 0.3) is 0 Å². The first-order valence-corrected chi connectivity index (χ1v) is 7.18. The third-order valence-corrected chi connectivity index (χ3v) is 4.17. The quantitative estimate of drug-likeness (QED) is 0.833. The second-order valence-corrected chi connectivity index (χ2v) is 5.96. The van der Waals surface area contributed by atoms with E-state index in [1.54, 1.807) is 0 Å². The van der Waals surface area contributed by atoms with E-state index in [9.17, 15) is 0 Å². The molecular formula is C16H27ClN2. The number of halogens is 1. The molecule has 1 aromatic carbocycles. The Labute approximate surface area is 123 Å². The summed E-state index contributed by atoms with van der Waals surface area (Å²) in [4.78, 5) is 2.55. The zero-order valence-electron chi connectivity index (χ0n) is 12.0. The van der Waals surface area contributed by atoms with Crippen LogP contribution in [0.2, 0.25) is 0 Å². The van der Waals surface area contributed by atoms with E-state index in [1.165, 1.54) is 31.4 Å². The lowest BCUT2D eigenvalue weighted by molar-refractivity contribution is 0.0874. The van der Waals surface area contributed by atoms with Gasteiger partial charge >= 0.3 is 0 Å². The van der Waals surface area contributed by atoms with Crippen LogP contribution in [-0.2, 0) is 6.42 Å². The van der Waals surface area contributed by atoms with Crippen LogP contribution in [0.5, 0.6) is 0 Å². The third kappa shape index (κ3) is 5.13. The van der Waals surface area contributed by atoms with Gasteiger partial charge in [-0.15, -0.1) is 12.4 Å². The maximum absolute atomic E-state index is 5.74. The standard InChI is InChI=1S/C16H26N2.ClH/c1-16(9-5-10-16)14-18(13-11-17)12-8-15-6-3-2-4-7-15;/h2-4,6-7H,5,8-14,17H2,1H3;1H. The summed E-state index contributed by atoms with van der Waals surface area (Å²) in [6.45, 7) is 6.57. The average Bonchev–Trinajstić information content (AvgIpc) is 2.35. The van der Waals surface area contributed by atoms with Gasteiger partial charge in [0.15, 0.2) is 0 Å². The summed E-state index contributed by atoms with van der Waals surface area (Å²) in [5.74, 6) is 0. The molecule has 1 aliphatic rings. The molecule has 2 nitrogen and oxygen atoms in total. The van der Waals surface area contributed by atoms with Crippen molar-refractivity contribution in [1.82, 2.24) is 4.90 Å². The van der Waals surface area contributed by atoms with Gasteiger partial charge in [-0.05, 0) is 30.2 Å². The van der Waals surface area contributed by atoms with Crippen molar-refractivity contribution in [3.05, 3.63) is 35.9 Å². The average molecular weight is 283 g/mol. The fraction of sp³-hybridized carbons (Fsp3) is 0.625. The van der Waals surface area contributed by atoms with E-state index in [0.29, 0.717) is 5.41 Å². The fourth-order valence-electron chi connectivity index (χ4n) is 2.86. The number of hydrogen-bond donors (Lipinski definition) is 1. The Balaban J connectivity index is 0.00000180. The van der Waals surface area contributed by atoms with Crippen LogP contribution in [0.1, 0.15) is 31.7 Å². The third-order valence-electron chi connectivity index (χ3n) is 4.17. The van der Waals surface area contributed by atoms with Crippen molar-refractivity contribution in [1.29, 1.82) is 0 Å². The Morgan fingerprint density at radius 3 is 2.37 bits per heavy atom. The Morgan fingerprint density at radius 1 is 1.16 bits per heavy atom. The molecule has 1 aromatic rings. The second kappa shape index (κ2) is 7.88. The van der Waals surface area contributed by atoms with Crippen molar-refractivity contribution in [3.63, 3.8) is 0 Å². The van der Waals surface area contributed by atoms with Crippen LogP contribution < -0.4 is 5.73 Å². The lowest BCUT2D eigenvalue weighted by atomic mass is 9.70. The van der Waals surface area contributed by atoms with Crippen LogP contribution in [0.25, 0.3) is 0 Å². The number of nitrogens with zero attached hydrogens (tertiary/aromatic N) is 1. The first-order chi connectivity index (χ1) is 8.72. The molecule has 108 valence electrons. The molecule has 0 amide bonds. The summed E-state index contributed by atoms with van der Waals surface area (Å²) in [6.07, 6.45) is 5.32. The smallest absolute Gasteiger partial charge is 0.0105 e. The van der Waals surface area contributed by atoms with Crippen molar-refractivity contribution in [2.24, 2.45) is 11.1 Å². The molecule has 0 radical (unpaired) electrons. The van der Waals surface area contributed by atoms with Crippen LogP contribution in [0.3, 0.4) is 0 Å². The lowest BCUT2D eigenvalue weighted by Crippen LogP contribution is -2.43. The first kappa shape index (κ1) is 16.5. The molecule has 0 atom stereocenters. The SMILES string of the molecule is CC1(CN(CCN)CCc2ccccc2)CCC1.Cl. The minimum Gasteiger partial charge on any atom is -0.329 e. The Kier molecular flexibility index (Phi) is 6.84. The van der Waals surface area contributed by atoms with Crippen LogP contribution in [0.4, 0.5) is 0 Å². The molecule has 2 rings (SSSR count). The molecule has 0 aromatic heterocycles. The Bertz CT molecular complexity index is 349. The predicted octanol–water partition coefficient (Wildman–Crippen LogP) is 3.10. The van der Waals surface area contributed by atoms with Crippen LogP contribution in [0, 0.1) is 5.41 Å². The van der Waals surface area contributed by atoms with Crippen LogP contribution >= 0.6 is 12.4 Å². The highest BCUT2D eigenvalue weighted by atomic mass is 35.5. The van der Waals surface area contributed by atoms with Crippen molar-refractivity contribution in [2.45, 2.75) is 32.6 Å². The summed E-state index contributed by atoms with van der Waals surface area (Å²) in [6, 6.07) is 10.7. The van der Waals surface area contributed by atoms with E-state index in [1.807, 2.05) is 0 Å². The normalized spacial score (nSPS) is 16.8. The van der Waals surface area contributed by atoms with E-state index < -0.39 is 0 Å². The van der Waals surface area contributed by atoms with Crippen molar-refractivity contribution < 1.29 is 0 Å². The summed E-state index contributed by atoms with van der Waals surface area (Å²) in [5, 5.41) is 0. The molecule has 0 saturated heterocycles. The highest BCUT2D eigenvalue weighted by molar-refractivity contribution is 5.85. The van der Waals surface area contributed by atoms with Crippen molar-refractivity contribution >= 4 is 12.4 Å². The fourth-order valence-corrected chi connectivity index (χ4v) is 2.86. The van der Waals surface area contributed by atoms with Crippen molar-refractivity contribution in [3.8, 4) is 0 Å². The van der Waals surface area contributed by atoms with Gasteiger partial charge in [-0.25, -0.2) is 0 Å². The van der Waals surface area contributed by atoms with E-state index in [-0.39, 0.29) is 12.4 Å². The van der Waals surface area contributed by atoms with Gasteiger partial charge in [0.05, 0.1) is 0 Å². The molecule has 0 heterocycles. The number of hydrogen-bond acceptors (Lipinski definition) is 2. The molecule has 19 heavy (non-hydrogen) atoms. The van der Waals surface area contributed by atoms with Gasteiger partial charge in [-0.2, -0.15) is 0 Å². The Morgan fingerprint density at radius 2 is 1.84 bits per heavy atom. The molecular weight excluding hydrogens is 256 g/mol. The maximum atomic E-state index is 5.74. The van der Waals surface area contributed by atoms with Crippen LogP contribution in [0.15, 0.2) is 30.3 Å². The molecule has 0 unspecified atom stereocenters. The molecule has 0 bridgehead atoms. The van der Waals surface area contributed by atoms with Gasteiger partial charge in [0.1, 0.15) is 0 Å². The molecule has 2 N–H and O–H groups in total. The molecule has 0 spiro atoms. The zero-order chi connectivity index (χ0) is 12.8. The predicted molar refractivity (Wildman–Crippen MR) is 84.8 cm³/mol. The first-order valence-electron chi connectivity index (χ1n) is 7.18. The number of benzene rings is 1. The monoisotopic (exact) mass is 282 g/mol. The van der Waals surface area contributed by atoms with Gasteiger partial charge in [0, 0.05) is 26.2 Å². The van der Waals surface area contributed by atoms with Gasteiger partial charge in [-0.1, -0.05) is 43.7 Å². The summed E-state index contributed by atoms with van der Waals surface area (Å²) < 4.78 is 0. The second-order valence-electron chi connectivity index (χ2n) is 5.96. The van der Waals surface area contributed by atoms with E-state index >= 15 is 0 Å². The van der Waals surface area contributed by atoms with E-state index in [4.69, 9.17) is 5.73 Å². The van der Waals surface area contributed by atoms with E-state index in [0.717, 1.165) is 26.1 Å². The molecule has 1 saturated carbocycles. The summed E-state index contributed by atoms with van der Waals surface area (Å²) in [5.41, 5.74) is 7.73. The van der Waals surface area contributed by atoms with Gasteiger partial charge < -0.3 is 10.6 Å². The largest absolute Gasteiger partial charge is 0.329 e. The summed E-state index contributed by atoms with van der Waals surface area (Å²) in [7, 11) is 0. The molecule has 3 heteroatoms. The molecule has 1 aliphatic carbocycles. The summed E-state index contributed by atoms with van der Waals surface area (Å²) >= 11 is 0. The lowest BCUT2D eigenvalue weighted by Gasteiger charge is -2.42. The maximum Gasteiger partial charge on any atom is 0.0105 e. The minimum absolute atomic E-state index is 0. The van der Waals surface area contributed by atoms with Gasteiger partial charge in [-0.3, -0.25) is 0 Å². The number of nitrogens with two attached hydrogens (primary N) is 1. The minimum atomic E-state index is 0. The van der Waals surface area contributed by atoms with Crippen LogP contribution in [-0.4, -0.2) is 31.1 Å². The topological polar surface area (TPSA) is 29.3 Å². The number of rotatable bonds is 7. The molecule has 0 aliphatic heterocycles. The highest BCUT2D eigenvalue weighted by Gasteiger charge is 2.33.